The molecular weight excluding hydrogens is 765 g/mol. The van der Waals surface area contributed by atoms with E-state index in [1.165, 1.54) is 57.8 Å². The summed E-state index contributed by atoms with van der Waals surface area (Å²) in [5, 5.41) is 0. The number of unbranched alkanes of at least 4 members (excludes halogenated alkanes) is 11. The molecule has 0 saturated carbocycles. The van der Waals surface area contributed by atoms with Crippen LogP contribution in [-0.2, 0) is 37.4 Å². The van der Waals surface area contributed by atoms with Crippen molar-refractivity contribution in [2.45, 2.75) is 173 Å². The first-order valence-electron chi connectivity index (χ1n) is 22.8. The van der Waals surface area contributed by atoms with Gasteiger partial charge in [-0.15, -0.1) is 0 Å². The van der Waals surface area contributed by atoms with Crippen LogP contribution in [0.1, 0.15) is 155 Å². The lowest BCUT2D eigenvalue weighted by Crippen LogP contribution is -2.37. The minimum Gasteiger partial charge on any atom is -0.462 e. The van der Waals surface area contributed by atoms with Gasteiger partial charge in [0.05, 0.1) is 40.0 Å². The second kappa shape index (κ2) is 36.1. The van der Waals surface area contributed by atoms with Crippen LogP contribution in [0.25, 0.3) is 0 Å². The van der Waals surface area contributed by atoms with Gasteiger partial charge in [-0.25, -0.2) is 4.57 Å². The normalized spacial score (nSPS) is 17.7. The molecule has 0 amide bonds. The first-order valence-corrected chi connectivity index (χ1v) is 24.3. The van der Waals surface area contributed by atoms with Gasteiger partial charge in [0.25, 0.3) is 0 Å². The Hall–Kier alpha value is -2.59. The number of ether oxygens (including phenoxy) is 3. The molecule has 1 aliphatic rings. The molecule has 0 bridgehead atoms. The predicted molar refractivity (Wildman–Crippen MR) is 242 cm³/mol. The summed E-state index contributed by atoms with van der Waals surface area (Å²) in [6.07, 6.45) is 47.0. The van der Waals surface area contributed by atoms with E-state index in [4.69, 9.17) is 23.3 Å². The van der Waals surface area contributed by atoms with Gasteiger partial charge in [0, 0.05) is 12.8 Å². The lowest BCUT2D eigenvalue weighted by atomic mass is 10.1. The van der Waals surface area contributed by atoms with Gasteiger partial charge in [0.1, 0.15) is 19.8 Å². The Morgan fingerprint density at radius 1 is 0.610 bits per heavy atom. The second-order valence-corrected chi connectivity index (χ2v) is 17.9. The smallest absolute Gasteiger partial charge is 0.462 e. The molecule has 338 valence electrons. The van der Waals surface area contributed by atoms with Crippen LogP contribution in [0.2, 0.25) is 0 Å². The molecule has 1 N–H and O–H groups in total. The lowest BCUT2D eigenvalue weighted by molar-refractivity contribution is -0.870. The monoisotopic (exact) mass is 849 g/mol. The minimum atomic E-state index is -4.41. The average molecular weight is 849 g/mol. The largest absolute Gasteiger partial charge is 0.472 e. The third-order valence-corrected chi connectivity index (χ3v) is 10.6. The fourth-order valence-corrected chi connectivity index (χ4v) is 6.63. The van der Waals surface area contributed by atoms with Crippen LogP contribution in [0.3, 0.4) is 0 Å². The third kappa shape index (κ3) is 36.9. The fraction of sp³-hybridized carbons (Fsp3) is 0.708. The molecule has 10 nitrogen and oxygen atoms in total. The molecule has 11 heteroatoms. The van der Waals surface area contributed by atoms with Crippen molar-refractivity contribution < 1.29 is 46.8 Å². The minimum absolute atomic E-state index is 0.00774. The maximum atomic E-state index is 12.7. The van der Waals surface area contributed by atoms with Crippen molar-refractivity contribution in [2.75, 3.05) is 47.5 Å². The Balaban J connectivity index is 2.37. The summed E-state index contributed by atoms with van der Waals surface area (Å²) < 4.78 is 40.0. The summed E-state index contributed by atoms with van der Waals surface area (Å²) in [5.74, 6) is -0.940. The van der Waals surface area contributed by atoms with Crippen molar-refractivity contribution >= 4 is 19.8 Å². The number of rotatable bonds is 39. The summed E-state index contributed by atoms with van der Waals surface area (Å²) in [4.78, 5) is 35.4. The molecule has 0 aromatic heterocycles. The summed E-state index contributed by atoms with van der Waals surface area (Å²) in [7, 11) is 1.40. The van der Waals surface area contributed by atoms with Crippen molar-refractivity contribution in [1.29, 1.82) is 0 Å². The molecule has 1 rings (SSSR count). The number of likely N-dealkylation sites (N-methyl/N-ethyl adjacent to an activating group) is 1. The van der Waals surface area contributed by atoms with Gasteiger partial charge in [-0.1, -0.05) is 132 Å². The number of nitrogens with zero attached hydrogens (tertiary/aromatic N) is 1. The van der Waals surface area contributed by atoms with Crippen LogP contribution in [0.15, 0.2) is 72.9 Å². The zero-order valence-electron chi connectivity index (χ0n) is 37.7. The summed E-state index contributed by atoms with van der Waals surface area (Å²) in [6.45, 7) is 4.23. The van der Waals surface area contributed by atoms with Crippen molar-refractivity contribution in [2.24, 2.45) is 0 Å². The number of phosphoric acid groups is 1. The van der Waals surface area contributed by atoms with Gasteiger partial charge in [-0.3, -0.25) is 18.6 Å². The number of quaternary nitrogens is 1. The molecule has 1 aliphatic heterocycles. The second-order valence-electron chi connectivity index (χ2n) is 16.5. The summed E-state index contributed by atoms with van der Waals surface area (Å²) in [6, 6.07) is 0. The molecule has 1 fully saturated rings. The number of carbonyl (C=O) groups excluding carboxylic acids is 2. The maximum absolute atomic E-state index is 12.7. The molecule has 0 aromatic rings. The maximum Gasteiger partial charge on any atom is 0.472 e. The lowest BCUT2D eigenvalue weighted by Gasteiger charge is -2.24. The van der Waals surface area contributed by atoms with E-state index in [1.807, 2.05) is 27.2 Å². The van der Waals surface area contributed by atoms with E-state index in [0.717, 1.165) is 51.4 Å². The molecule has 0 aliphatic carbocycles. The molecule has 3 unspecified atom stereocenters. The van der Waals surface area contributed by atoms with Crippen molar-refractivity contribution in [3.05, 3.63) is 72.9 Å². The van der Waals surface area contributed by atoms with Gasteiger partial charge in [0.15, 0.2) is 6.10 Å². The van der Waals surface area contributed by atoms with E-state index in [9.17, 15) is 19.0 Å². The van der Waals surface area contributed by atoms with Crippen molar-refractivity contribution in [3.63, 3.8) is 0 Å². The Morgan fingerprint density at radius 2 is 1.07 bits per heavy atom. The van der Waals surface area contributed by atoms with Crippen LogP contribution >= 0.6 is 7.82 Å². The number of carbonyl (C=O) groups is 2. The molecule has 0 aromatic carbocycles. The number of allylic oxidation sites excluding steroid dienone is 10. The topological polar surface area (TPSA) is 121 Å². The summed E-state index contributed by atoms with van der Waals surface area (Å²) >= 11 is 0. The van der Waals surface area contributed by atoms with E-state index in [-0.39, 0.29) is 38.3 Å². The Kier molecular flexibility index (Phi) is 33.3. The summed E-state index contributed by atoms with van der Waals surface area (Å²) in [5.41, 5.74) is 0. The van der Waals surface area contributed by atoms with Crippen LogP contribution in [0.4, 0.5) is 0 Å². The number of esters is 2. The van der Waals surface area contributed by atoms with Crippen molar-refractivity contribution in [3.8, 4) is 0 Å². The van der Waals surface area contributed by atoms with Gasteiger partial charge in [-0.2, -0.15) is 0 Å². The highest BCUT2D eigenvalue weighted by Crippen LogP contribution is 2.43. The van der Waals surface area contributed by atoms with Gasteiger partial charge in [-0.05, 0) is 83.5 Å². The molecule has 4 atom stereocenters. The zero-order chi connectivity index (χ0) is 43.3. The average Bonchev–Trinajstić information content (AvgIpc) is 3.94. The van der Waals surface area contributed by atoms with Crippen LogP contribution in [0, 0.1) is 0 Å². The highest BCUT2D eigenvalue weighted by atomic mass is 31.2. The Morgan fingerprint density at radius 3 is 1.66 bits per heavy atom. The highest BCUT2D eigenvalue weighted by Gasteiger charge is 2.36. The van der Waals surface area contributed by atoms with E-state index in [2.05, 4.69) is 80.7 Å². The van der Waals surface area contributed by atoms with Gasteiger partial charge >= 0.3 is 19.8 Å². The number of epoxide rings is 1. The molecule has 0 spiro atoms. The van der Waals surface area contributed by atoms with E-state index >= 15 is 0 Å². The van der Waals surface area contributed by atoms with E-state index < -0.39 is 32.5 Å². The quantitative estimate of drug-likeness (QED) is 0.0161. The highest BCUT2D eigenvalue weighted by molar-refractivity contribution is 7.47. The van der Waals surface area contributed by atoms with Gasteiger partial charge < -0.3 is 23.6 Å². The molecular formula is C48H83NO9P+. The molecule has 0 radical (unpaired) electrons. The fourth-order valence-electron chi connectivity index (χ4n) is 5.89. The standard InChI is InChI=1S/C48H82NO9P/c1-6-8-10-12-14-16-17-18-19-20-21-22-23-25-27-29-35-39-48(51)57-44(43-56-59(52,53)55-41-40-49(3,4)5)42-54-47(50)38-34-31-30-33-37-46-45(58-46)36-32-28-26-24-15-13-11-9-7-2/h15,18-19,21-22,24-25,27-28,30,32-33,44-46H,6-14,16-17,20,23,26,29,31,34-43H2,1-5H3/p+1/b19-18-,22-21-,24-15-,27-25-,32-28-,33-30-/t44-,45?,46?/m1/s1. The first-order chi connectivity index (χ1) is 28.5. The molecule has 1 saturated heterocycles. The number of hydrogen-bond donors (Lipinski definition) is 1. The Bertz CT molecular complexity index is 1300. The number of phosphoric ester groups is 1. The SMILES string of the molecule is CCCCC/C=C\C/C=C\CC1OC1C/C=C\CCCC(=O)OC[C@H](COP(=O)(O)OCC[N+](C)(C)C)OC(=O)CCC/C=C\C/C=C\C/C=C\CCCCCCCC. The number of hydrogen-bond acceptors (Lipinski definition) is 8. The van der Waals surface area contributed by atoms with E-state index in [0.29, 0.717) is 30.3 Å². The first kappa shape index (κ1) is 54.4. The van der Waals surface area contributed by atoms with E-state index in [1.54, 1.807) is 0 Å². The van der Waals surface area contributed by atoms with Gasteiger partial charge in [0.2, 0.25) is 0 Å². The third-order valence-electron chi connectivity index (χ3n) is 9.61. The van der Waals surface area contributed by atoms with Crippen molar-refractivity contribution in [1.82, 2.24) is 0 Å². The van der Waals surface area contributed by atoms with Crippen LogP contribution < -0.4 is 0 Å². The van der Waals surface area contributed by atoms with Crippen LogP contribution in [-0.4, -0.2) is 87.1 Å². The molecule has 59 heavy (non-hydrogen) atoms. The van der Waals surface area contributed by atoms with Crippen LogP contribution in [0.5, 0.6) is 0 Å². The Labute approximate surface area is 359 Å². The predicted octanol–water partition coefficient (Wildman–Crippen LogP) is 12.0. The zero-order valence-corrected chi connectivity index (χ0v) is 38.5. The molecule has 1 heterocycles.